The van der Waals surface area contributed by atoms with Gasteiger partial charge in [0.1, 0.15) is 0 Å². The molecule has 0 spiro atoms. The lowest BCUT2D eigenvalue weighted by Gasteiger charge is -2.34. The van der Waals surface area contributed by atoms with Crippen LogP contribution < -0.4 is 0 Å². The standard InChI is InChI=1S/C23H26N4O2/c1-18-24-25-22(29-18)17-26-12-14-27(15-13-26)23(28)16-21(19-8-4-2-5-9-19)20-10-6-3-7-11-20/h2-11,21H,12-17H2,1H3. The molecular weight excluding hydrogens is 364 g/mol. The molecule has 0 radical (unpaired) electrons. The summed E-state index contributed by atoms with van der Waals surface area (Å²) >= 11 is 0. The van der Waals surface area contributed by atoms with Crippen molar-refractivity contribution < 1.29 is 9.21 Å². The number of aromatic nitrogens is 2. The maximum atomic E-state index is 13.1. The first-order valence-corrected chi connectivity index (χ1v) is 10.1. The zero-order valence-electron chi connectivity index (χ0n) is 16.7. The van der Waals surface area contributed by atoms with Crippen LogP contribution in [0.1, 0.15) is 35.2 Å². The normalized spacial score (nSPS) is 15.0. The van der Waals surface area contributed by atoms with E-state index in [9.17, 15) is 4.79 Å². The summed E-state index contributed by atoms with van der Waals surface area (Å²) in [5.74, 6) is 1.50. The molecule has 2 heterocycles. The van der Waals surface area contributed by atoms with Crippen LogP contribution in [0.4, 0.5) is 0 Å². The van der Waals surface area contributed by atoms with E-state index in [2.05, 4.69) is 39.4 Å². The number of aryl methyl sites for hydroxylation is 1. The molecule has 1 aliphatic heterocycles. The molecule has 1 aliphatic rings. The minimum Gasteiger partial charge on any atom is -0.424 e. The molecule has 1 saturated heterocycles. The van der Waals surface area contributed by atoms with Crippen LogP contribution in [0.25, 0.3) is 0 Å². The van der Waals surface area contributed by atoms with Gasteiger partial charge in [-0.1, -0.05) is 60.7 Å². The Morgan fingerprint density at radius 1 is 0.931 bits per heavy atom. The van der Waals surface area contributed by atoms with E-state index in [-0.39, 0.29) is 11.8 Å². The second-order valence-electron chi connectivity index (χ2n) is 7.45. The first-order chi connectivity index (χ1) is 14.2. The minimum absolute atomic E-state index is 0.0734. The van der Waals surface area contributed by atoms with Crippen molar-refractivity contribution in [3.63, 3.8) is 0 Å². The summed E-state index contributed by atoms with van der Waals surface area (Å²) in [5, 5.41) is 7.94. The van der Waals surface area contributed by atoms with Gasteiger partial charge in [-0.25, -0.2) is 0 Å². The van der Waals surface area contributed by atoms with E-state index in [0.29, 0.717) is 24.7 Å². The first kappa shape index (κ1) is 19.3. The number of amides is 1. The van der Waals surface area contributed by atoms with Crippen LogP contribution in [0.2, 0.25) is 0 Å². The first-order valence-electron chi connectivity index (χ1n) is 10.1. The third kappa shape index (κ3) is 4.90. The fourth-order valence-electron chi connectivity index (χ4n) is 3.85. The van der Waals surface area contributed by atoms with Crippen LogP contribution >= 0.6 is 0 Å². The molecule has 150 valence electrons. The molecular formula is C23H26N4O2. The number of piperazine rings is 1. The Balaban J connectivity index is 1.38. The fraction of sp³-hybridized carbons (Fsp3) is 0.348. The topological polar surface area (TPSA) is 62.5 Å². The molecule has 0 atom stereocenters. The Bertz CT molecular complexity index is 879. The summed E-state index contributed by atoms with van der Waals surface area (Å²) in [6.45, 7) is 5.51. The van der Waals surface area contributed by atoms with E-state index >= 15 is 0 Å². The van der Waals surface area contributed by atoms with Gasteiger partial charge < -0.3 is 9.32 Å². The maximum Gasteiger partial charge on any atom is 0.230 e. The number of hydrogen-bond acceptors (Lipinski definition) is 5. The highest BCUT2D eigenvalue weighted by Gasteiger charge is 2.25. The highest BCUT2D eigenvalue weighted by atomic mass is 16.4. The van der Waals surface area contributed by atoms with Crippen LogP contribution in [0.15, 0.2) is 65.1 Å². The van der Waals surface area contributed by atoms with E-state index < -0.39 is 0 Å². The van der Waals surface area contributed by atoms with Crippen LogP contribution in [0, 0.1) is 6.92 Å². The van der Waals surface area contributed by atoms with Crippen molar-refractivity contribution in [3.8, 4) is 0 Å². The van der Waals surface area contributed by atoms with Crippen LogP contribution in [0.3, 0.4) is 0 Å². The van der Waals surface area contributed by atoms with Crippen molar-refractivity contribution in [1.82, 2.24) is 20.0 Å². The summed E-state index contributed by atoms with van der Waals surface area (Å²) in [7, 11) is 0. The Labute approximate surface area is 171 Å². The zero-order valence-corrected chi connectivity index (χ0v) is 16.7. The van der Waals surface area contributed by atoms with E-state index in [0.717, 1.165) is 26.2 Å². The number of hydrogen-bond donors (Lipinski definition) is 0. The number of benzene rings is 2. The van der Waals surface area contributed by atoms with Crippen LogP contribution in [-0.4, -0.2) is 52.1 Å². The summed E-state index contributed by atoms with van der Waals surface area (Å²) in [6.07, 6.45) is 0.483. The van der Waals surface area contributed by atoms with Crippen LogP contribution in [-0.2, 0) is 11.3 Å². The zero-order chi connectivity index (χ0) is 20.1. The average Bonchev–Trinajstić information content (AvgIpc) is 3.18. The average molecular weight is 390 g/mol. The SMILES string of the molecule is Cc1nnc(CN2CCN(C(=O)CC(c3ccccc3)c3ccccc3)CC2)o1. The molecule has 29 heavy (non-hydrogen) atoms. The molecule has 0 unspecified atom stereocenters. The van der Waals surface area contributed by atoms with Gasteiger partial charge >= 0.3 is 0 Å². The van der Waals surface area contributed by atoms with Gasteiger partial charge in [0.2, 0.25) is 17.7 Å². The van der Waals surface area contributed by atoms with Gasteiger partial charge in [-0.05, 0) is 11.1 Å². The number of carbonyl (C=O) groups is 1. The van der Waals surface area contributed by atoms with E-state index in [1.165, 1.54) is 11.1 Å². The predicted molar refractivity (Wildman–Crippen MR) is 110 cm³/mol. The lowest BCUT2D eigenvalue weighted by Crippen LogP contribution is -2.48. The Kier molecular flexibility index (Phi) is 6.00. The van der Waals surface area contributed by atoms with Gasteiger partial charge in [0.05, 0.1) is 6.54 Å². The molecule has 1 fully saturated rings. The molecule has 4 rings (SSSR count). The van der Waals surface area contributed by atoms with Crippen molar-refractivity contribution in [3.05, 3.63) is 83.6 Å². The molecule has 2 aromatic carbocycles. The molecule has 0 saturated carbocycles. The highest BCUT2D eigenvalue weighted by Crippen LogP contribution is 2.28. The second kappa shape index (κ2) is 9.01. The van der Waals surface area contributed by atoms with Gasteiger partial charge in [0, 0.05) is 45.4 Å². The Morgan fingerprint density at radius 3 is 2.03 bits per heavy atom. The largest absolute Gasteiger partial charge is 0.424 e. The summed E-state index contributed by atoms with van der Waals surface area (Å²) in [5.41, 5.74) is 2.36. The van der Waals surface area contributed by atoms with E-state index in [1.807, 2.05) is 41.3 Å². The van der Waals surface area contributed by atoms with Gasteiger partial charge in [-0.15, -0.1) is 10.2 Å². The third-order valence-corrected chi connectivity index (χ3v) is 5.43. The summed E-state index contributed by atoms with van der Waals surface area (Å²) in [4.78, 5) is 17.3. The molecule has 1 aromatic heterocycles. The highest BCUT2D eigenvalue weighted by molar-refractivity contribution is 5.78. The van der Waals surface area contributed by atoms with E-state index in [4.69, 9.17) is 4.42 Å². The van der Waals surface area contributed by atoms with Crippen molar-refractivity contribution in [2.24, 2.45) is 0 Å². The van der Waals surface area contributed by atoms with Crippen molar-refractivity contribution in [2.45, 2.75) is 25.8 Å². The minimum atomic E-state index is 0.0734. The summed E-state index contributed by atoms with van der Waals surface area (Å²) in [6, 6.07) is 20.6. The predicted octanol–water partition coefficient (Wildman–Crippen LogP) is 3.24. The van der Waals surface area contributed by atoms with Gasteiger partial charge in [0.25, 0.3) is 0 Å². The van der Waals surface area contributed by atoms with Crippen molar-refractivity contribution in [1.29, 1.82) is 0 Å². The number of rotatable bonds is 6. The lowest BCUT2D eigenvalue weighted by molar-refractivity contribution is -0.133. The lowest BCUT2D eigenvalue weighted by atomic mass is 9.88. The monoisotopic (exact) mass is 390 g/mol. The molecule has 0 bridgehead atoms. The molecule has 3 aromatic rings. The Hall–Kier alpha value is -2.99. The smallest absolute Gasteiger partial charge is 0.230 e. The van der Waals surface area contributed by atoms with Gasteiger partial charge in [0.15, 0.2) is 0 Å². The second-order valence-corrected chi connectivity index (χ2v) is 7.45. The summed E-state index contributed by atoms with van der Waals surface area (Å²) < 4.78 is 5.47. The molecule has 0 aliphatic carbocycles. The molecule has 0 N–H and O–H groups in total. The number of carbonyl (C=O) groups excluding carboxylic acids is 1. The Morgan fingerprint density at radius 2 is 1.52 bits per heavy atom. The number of nitrogens with zero attached hydrogens (tertiary/aromatic N) is 4. The van der Waals surface area contributed by atoms with Gasteiger partial charge in [-0.2, -0.15) is 0 Å². The third-order valence-electron chi connectivity index (χ3n) is 5.43. The molecule has 6 heteroatoms. The fourth-order valence-corrected chi connectivity index (χ4v) is 3.85. The van der Waals surface area contributed by atoms with Gasteiger partial charge in [-0.3, -0.25) is 9.69 Å². The molecule has 6 nitrogen and oxygen atoms in total. The maximum absolute atomic E-state index is 13.1. The van der Waals surface area contributed by atoms with Crippen molar-refractivity contribution >= 4 is 5.91 Å². The van der Waals surface area contributed by atoms with E-state index in [1.54, 1.807) is 6.92 Å². The van der Waals surface area contributed by atoms with Crippen molar-refractivity contribution in [2.75, 3.05) is 26.2 Å². The quantitative estimate of drug-likeness (QED) is 0.647. The molecule has 1 amide bonds. The van der Waals surface area contributed by atoms with Crippen LogP contribution in [0.5, 0.6) is 0 Å².